The highest BCUT2D eigenvalue weighted by atomic mass is 32.1. The van der Waals surface area contributed by atoms with Gasteiger partial charge in [0.1, 0.15) is 4.83 Å². The minimum atomic E-state index is -2.68. The van der Waals surface area contributed by atoms with E-state index in [0.29, 0.717) is 36.3 Å². The molecule has 1 unspecified atom stereocenters. The Kier molecular flexibility index (Phi) is 4.53. The molecule has 1 N–H and O–H groups in total. The van der Waals surface area contributed by atoms with Crippen molar-refractivity contribution < 1.29 is 13.6 Å². The second-order valence-corrected chi connectivity index (χ2v) is 9.83. The molecule has 1 saturated heterocycles. The molecule has 2 aromatic rings. The number of fused-ring (bicyclic) bond motifs is 1. The normalized spacial score (nSPS) is 23.5. The van der Waals surface area contributed by atoms with Crippen LogP contribution in [0, 0.1) is 12.8 Å². The van der Waals surface area contributed by atoms with Crippen molar-refractivity contribution in [2.24, 2.45) is 5.92 Å². The number of aryl methyl sites for hydroxylation is 1. The van der Waals surface area contributed by atoms with Crippen molar-refractivity contribution in [3.63, 3.8) is 0 Å². The van der Waals surface area contributed by atoms with Crippen LogP contribution in [0.1, 0.15) is 48.6 Å². The Morgan fingerprint density at radius 2 is 1.97 bits per heavy atom. The maximum Gasteiger partial charge on any atom is 0.332 e. The summed E-state index contributed by atoms with van der Waals surface area (Å²) >= 11 is 1.33. The first kappa shape index (κ1) is 19.7. The lowest BCUT2D eigenvalue weighted by atomic mass is 10.1. The van der Waals surface area contributed by atoms with Gasteiger partial charge < -0.3 is 10.2 Å². The summed E-state index contributed by atoms with van der Waals surface area (Å²) in [6.07, 6.45) is 1.55. The smallest absolute Gasteiger partial charge is 0.332 e. The molecule has 2 aromatic heterocycles. The van der Waals surface area contributed by atoms with Crippen molar-refractivity contribution >= 4 is 27.6 Å². The number of carbonyl (C=O) groups is 1. The Bertz CT molecular complexity index is 1150. The maximum atomic E-state index is 13.7. The van der Waals surface area contributed by atoms with E-state index in [9.17, 15) is 23.2 Å². The molecule has 3 aliphatic rings. The lowest BCUT2D eigenvalue weighted by Gasteiger charge is -2.15. The van der Waals surface area contributed by atoms with Gasteiger partial charge in [-0.25, -0.2) is 18.4 Å². The molecular formula is C20H24F2N4O3S. The number of thiophene rings is 1. The summed E-state index contributed by atoms with van der Waals surface area (Å²) in [4.78, 5) is 41.5. The van der Waals surface area contributed by atoms with E-state index in [1.807, 2.05) is 6.92 Å². The third-order valence-electron chi connectivity index (χ3n) is 6.48. The molecule has 0 radical (unpaired) electrons. The highest BCUT2D eigenvalue weighted by Gasteiger charge is 2.40. The average Bonchev–Trinajstić information content (AvgIpc) is 3.22. The minimum Gasteiger partial charge on any atom is -0.336 e. The van der Waals surface area contributed by atoms with Crippen LogP contribution in [0.15, 0.2) is 9.59 Å². The number of aromatic nitrogens is 2. The van der Waals surface area contributed by atoms with Crippen molar-refractivity contribution in [2.45, 2.75) is 64.1 Å². The monoisotopic (exact) mass is 438 g/mol. The summed E-state index contributed by atoms with van der Waals surface area (Å²) in [6, 6.07) is -0.245. The first-order valence-electron chi connectivity index (χ1n) is 10.4. The molecular weight excluding hydrogens is 414 g/mol. The van der Waals surface area contributed by atoms with E-state index < -0.39 is 11.6 Å². The molecule has 0 aromatic carbocycles. The van der Waals surface area contributed by atoms with Gasteiger partial charge in [0.15, 0.2) is 0 Å². The summed E-state index contributed by atoms with van der Waals surface area (Å²) in [5.74, 6) is -2.97. The zero-order valence-corrected chi connectivity index (χ0v) is 17.6. The first-order valence-corrected chi connectivity index (χ1v) is 11.2. The van der Waals surface area contributed by atoms with Crippen LogP contribution in [-0.4, -0.2) is 39.1 Å². The third-order valence-corrected chi connectivity index (χ3v) is 7.78. The van der Waals surface area contributed by atoms with E-state index in [1.165, 1.54) is 15.9 Å². The highest BCUT2D eigenvalue weighted by Crippen LogP contribution is 2.40. The van der Waals surface area contributed by atoms with Crippen molar-refractivity contribution in [3.8, 4) is 0 Å². The number of nitrogens with one attached hydrogen (secondary N) is 1. The molecule has 1 atom stereocenters. The highest BCUT2D eigenvalue weighted by molar-refractivity contribution is 7.18. The number of halogens is 2. The van der Waals surface area contributed by atoms with Crippen molar-refractivity contribution in [2.75, 3.05) is 13.1 Å². The largest absolute Gasteiger partial charge is 0.336 e. The SMILES string of the molecule is Cc1c(CN2CCNC2=O)sc2c1c(=O)n(C1CC1)c(=O)n2CC1CCC(F)(F)C1. The summed E-state index contributed by atoms with van der Waals surface area (Å²) in [5.41, 5.74) is 0.0907. The molecule has 2 aliphatic carbocycles. The fourth-order valence-corrected chi connectivity index (χ4v) is 5.98. The quantitative estimate of drug-likeness (QED) is 0.780. The van der Waals surface area contributed by atoms with Crippen LogP contribution in [-0.2, 0) is 13.1 Å². The van der Waals surface area contributed by atoms with Crippen LogP contribution < -0.4 is 16.6 Å². The molecule has 1 aliphatic heterocycles. The molecule has 162 valence electrons. The predicted molar refractivity (Wildman–Crippen MR) is 109 cm³/mol. The minimum absolute atomic E-state index is 0.0993. The zero-order valence-electron chi connectivity index (χ0n) is 16.7. The Morgan fingerprint density at radius 3 is 2.57 bits per heavy atom. The topological polar surface area (TPSA) is 76.3 Å². The van der Waals surface area contributed by atoms with Crippen LogP contribution >= 0.6 is 11.3 Å². The lowest BCUT2D eigenvalue weighted by molar-refractivity contribution is 0.00434. The van der Waals surface area contributed by atoms with Gasteiger partial charge in [0.2, 0.25) is 5.92 Å². The molecule has 2 saturated carbocycles. The van der Waals surface area contributed by atoms with E-state index in [4.69, 9.17) is 0 Å². The van der Waals surface area contributed by atoms with Crippen molar-refractivity contribution in [1.82, 2.24) is 19.4 Å². The second kappa shape index (κ2) is 6.90. The number of hydrogen-bond acceptors (Lipinski definition) is 4. The summed E-state index contributed by atoms with van der Waals surface area (Å²) < 4.78 is 30.4. The van der Waals surface area contributed by atoms with Crippen molar-refractivity contribution in [1.29, 1.82) is 0 Å². The Balaban J connectivity index is 1.62. The van der Waals surface area contributed by atoms with Gasteiger partial charge in [-0.1, -0.05) is 0 Å². The molecule has 0 bridgehead atoms. The van der Waals surface area contributed by atoms with Crippen LogP contribution in [0.5, 0.6) is 0 Å². The van der Waals surface area contributed by atoms with E-state index in [1.54, 1.807) is 9.47 Å². The van der Waals surface area contributed by atoms with Crippen LogP contribution in [0.4, 0.5) is 13.6 Å². The van der Waals surface area contributed by atoms with Gasteiger partial charge in [-0.2, -0.15) is 0 Å². The number of carbonyl (C=O) groups excluding carboxylic acids is 1. The van der Waals surface area contributed by atoms with E-state index in [2.05, 4.69) is 5.32 Å². The fourth-order valence-electron chi connectivity index (χ4n) is 4.67. The van der Waals surface area contributed by atoms with Crippen LogP contribution in [0.3, 0.4) is 0 Å². The molecule has 3 heterocycles. The summed E-state index contributed by atoms with van der Waals surface area (Å²) in [5, 5.41) is 3.25. The van der Waals surface area contributed by atoms with Gasteiger partial charge in [0.25, 0.3) is 5.56 Å². The van der Waals surface area contributed by atoms with E-state index >= 15 is 0 Å². The van der Waals surface area contributed by atoms with Crippen molar-refractivity contribution in [3.05, 3.63) is 31.3 Å². The number of rotatable bonds is 5. The third kappa shape index (κ3) is 3.25. The number of amides is 2. The fraction of sp³-hybridized carbons (Fsp3) is 0.650. The molecule has 0 spiro atoms. The average molecular weight is 439 g/mol. The second-order valence-electron chi connectivity index (χ2n) is 8.75. The standard InChI is InChI=1S/C20H24F2N4O3S/c1-11-14(10-24-7-6-23-18(24)28)30-17-15(11)16(27)26(13-2-3-13)19(29)25(17)9-12-4-5-20(21,22)8-12/h12-13H,2-10H2,1H3,(H,23,28). The molecule has 30 heavy (non-hydrogen) atoms. The van der Waals surface area contributed by atoms with Gasteiger partial charge in [-0.3, -0.25) is 13.9 Å². The maximum absolute atomic E-state index is 13.7. The van der Waals surface area contributed by atoms with Gasteiger partial charge in [0, 0.05) is 43.4 Å². The lowest BCUT2D eigenvalue weighted by Crippen LogP contribution is -2.40. The first-order chi connectivity index (χ1) is 14.2. The molecule has 3 fully saturated rings. The zero-order chi connectivity index (χ0) is 21.2. The van der Waals surface area contributed by atoms with Crippen LogP contribution in [0.25, 0.3) is 10.2 Å². The molecule has 7 nitrogen and oxygen atoms in total. The Morgan fingerprint density at radius 1 is 1.20 bits per heavy atom. The van der Waals surface area contributed by atoms with Crippen LogP contribution in [0.2, 0.25) is 0 Å². The number of nitrogens with zero attached hydrogens (tertiary/aromatic N) is 3. The molecule has 5 rings (SSSR count). The molecule has 2 amide bonds. The van der Waals surface area contributed by atoms with Gasteiger partial charge >= 0.3 is 11.7 Å². The Hall–Kier alpha value is -2.23. The number of hydrogen-bond donors (Lipinski definition) is 1. The van der Waals surface area contributed by atoms with Gasteiger partial charge in [-0.05, 0) is 37.7 Å². The molecule has 10 heteroatoms. The van der Waals surface area contributed by atoms with Gasteiger partial charge in [0.05, 0.1) is 11.9 Å². The summed E-state index contributed by atoms with van der Waals surface area (Å²) in [6.45, 7) is 3.58. The predicted octanol–water partition coefficient (Wildman–Crippen LogP) is 2.83. The number of urea groups is 1. The summed E-state index contributed by atoms with van der Waals surface area (Å²) in [7, 11) is 0. The Labute approximate surface area is 175 Å². The van der Waals surface area contributed by atoms with E-state index in [0.717, 1.165) is 23.3 Å². The number of alkyl halides is 2. The van der Waals surface area contributed by atoms with E-state index in [-0.39, 0.29) is 42.9 Å². The van der Waals surface area contributed by atoms with Gasteiger partial charge in [-0.15, -0.1) is 11.3 Å².